The highest BCUT2D eigenvalue weighted by Crippen LogP contribution is 2.30. The van der Waals surface area contributed by atoms with Crippen molar-refractivity contribution < 1.29 is 4.74 Å². The van der Waals surface area contributed by atoms with Crippen LogP contribution in [0.1, 0.15) is 59.3 Å². The molecule has 3 rings (SSSR count). The molecule has 2 aliphatic heterocycles. The summed E-state index contributed by atoms with van der Waals surface area (Å²) in [5.74, 6) is 0.890. The van der Waals surface area contributed by atoms with Crippen molar-refractivity contribution in [3.8, 4) is 0 Å². The van der Waals surface area contributed by atoms with Crippen molar-refractivity contribution >= 4 is 0 Å². The molecule has 0 atom stereocenters. The second-order valence-electron chi connectivity index (χ2n) is 9.41. The number of piperidine rings is 1. The third kappa shape index (κ3) is 5.41. The standard InChI is InChI=1S/C21H41N3O/c1-5-24-15-14-23(17-21(24,2)3)16-18-6-8-19(9-7-18)25-20-10-12-22(4)13-11-20/h18-20H,5-17H2,1-4H3/t18-,19+. The molecule has 0 radical (unpaired) electrons. The van der Waals surface area contributed by atoms with E-state index in [-0.39, 0.29) is 0 Å². The first-order chi connectivity index (χ1) is 12.0. The second kappa shape index (κ2) is 8.69. The van der Waals surface area contributed by atoms with Crippen LogP contribution in [0.25, 0.3) is 0 Å². The molecule has 0 unspecified atom stereocenters. The number of likely N-dealkylation sites (tertiary alicyclic amines) is 1. The highest BCUT2D eigenvalue weighted by molar-refractivity contribution is 4.90. The summed E-state index contributed by atoms with van der Waals surface area (Å²) < 4.78 is 6.43. The molecule has 146 valence electrons. The summed E-state index contributed by atoms with van der Waals surface area (Å²) in [5.41, 5.74) is 0.335. The Kier molecular flexibility index (Phi) is 6.81. The van der Waals surface area contributed by atoms with Gasteiger partial charge < -0.3 is 9.64 Å². The van der Waals surface area contributed by atoms with Crippen LogP contribution >= 0.6 is 0 Å². The third-order valence-corrected chi connectivity index (χ3v) is 6.90. The Balaban J connectivity index is 1.37. The monoisotopic (exact) mass is 351 g/mol. The van der Waals surface area contributed by atoms with Crippen molar-refractivity contribution in [1.29, 1.82) is 0 Å². The van der Waals surface area contributed by atoms with Gasteiger partial charge >= 0.3 is 0 Å². The Morgan fingerprint density at radius 2 is 1.52 bits per heavy atom. The Hall–Kier alpha value is -0.160. The Bertz CT molecular complexity index is 398. The maximum absolute atomic E-state index is 6.43. The predicted octanol–water partition coefficient (Wildman–Crippen LogP) is 3.07. The molecule has 0 amide bonds. The molecule has 0 aromatic carbocycles. The second-order valence-corrected chi connectivity index (χ2v) is 9.41. The van der Waals surface area contributed by atoms with Crippen LogP contribution in [0.4, 0.5) is 0 Å². The number of likely N-dealkylation sites (N-methyl/N-ethyl adjacent to an activating group) is 1. The number of rotatable bonds is 5. The summed E-state index contributed by atoms with van der Waals surface area (Å²) in [4.78, 5) is 7.79. The molecule has 0 aromatic rings. The van der Waals surface area contributed by atoms with Gasteiger partial charge in [-0.05, 0) is 71.9 Å². The summed E-state index contributed by atoms with van der Waals surface area (Å²) in [7, 11) is 2.23. The van der Waals surface area contributed by atoms with Crippen molar-refractivity contribution in [2.24, 2.45) is 5.92 Å². The molecule has 3 fully saturated rings. The molecule has 2 heterocycles. The maximum Gasteiger partial charge on any atom is 0.0603 e. The normalized spacial score (nSPS) is 33.6. The highest BCUT2D eigenvalue weighted by atomic mass is 16.5. The van der Waals surface area contributed by atoms with Crippen molar-refractivity contribution in [3.05, 3.63) is 0 Å². The smallest absolute Gasteiger partial charge is 0.0603 e. The Morgan fingerprint density at radius 3 is 2.12 bits per heavy atom. The minimum Gasteiger partial charge on any atom is -0.375 e. The molecule has 4 heteroatoms. The van der Waals surface area contributed by atoms with Gasteiger partial charge in [0, 0.05) is 44.8 Å². The van der Waals surface area contributed by atoms with Gasteiger partial charge in [-0.1, -0.05) is 6.92 Å². The molecule has 4 nitrogen and oxygen atoms in total. The molecule has 0 bridgehead atoms. The number of piperazine rings is 1. The van der Waals surface area contributed by atoms with E-state index in [9.17, 15) is 0 Å². The number of ether oxygens (including phenoxy) is 1. The van der Waals surface area contributed by atoms with Crippen molar-refractivity contribution in [2.45, 2.75) is 77.0 Å². The zero-order chi connectivity index (χ0) is 17.9. The lowest BCUT2D eigenvalue weighted by atomic mass is 9.86. The van der Waals surface area contributed by atoms with Crippen molar-refractivity contribution in [1.82, 2.24) is 14.7 Å². The van der Waals surface area contributed by atoms with E-state index in [0.29, 0.717) is 17.7 Å². The third-order valence-electron chi connectivity index (χ3n) is 6.90. The minimum atomic E-state index is 0.335. The lowest BCUT2D eigenvalue weighted by Crippen LogP contribution is -2.59. The summed E-state index contributed by atoms with van der Waals surface area (Å²) >= 11 is 0. The van der Waals surface area contributed by atoms with Gasteiger partial charge in [-0.25, -0.2) is 0 Å². The summed E-state index contributed by atoms with van der Waals surface area (Å²) in [6.45, 7) is 15.7. The van der Waals surface area contributed by atoms with Gasteiger partial charge in [-0.3, -0.25) is 9.80 Å². The molecular formula is C21H41N3O. The van der Waals surface area contributed by atoms with E-state index in [0.717, 1.165) is 5.92 Å². The first kappa shape index (κ1) is 19.6. The molecule has 1 aliphatic carbocycles. The summed E-state index contributed by atoms with van der Waals surface area (Å²) in [6.07, 6.45) is 8.83. The molecule has 3 aliphatic rings. The lowest BCUT2D eigenvalue weighted by Gasteiger charge is -2.48. The average Bonchev–Trinajstić information content (AvgIpc) is 2.58. The van der Waals surface area contributed by atoms with Crippen LogP contribution in [0.2, 0.25) is 0 Å². The van der Waals surface area contributed by atoms with Gasteiger partial charge in [-0.15, -0.1) is 0 Å². The number of nitrogens with zero attached hydrogens (tertiary/aromatic N) is 3. The first-order valence-corrected chi connectivity index (χ1v) is 10.8. The van der Waals surface area contributed by atoms with Crippen molar-refractivity contribution in [2.75, 3.05) is 52.9 Å². The molecule has 0 N–H and O–H groups in total. The van der Waals surface area contributed by atoms with Gasteiger partial charge in [0.15, 0.2) is 0 Å². The minimum absolute atomic E-state index is 0.335. The maximum atomic E-state index is 6.43. The Labute approximate surface area is 155 Å². The van der Waals surface area contributed by atoms with E-state index >= 15 is 0 Å². The zero-order valence-electron chi connectivity index (χ0n) is 17.2. The molecular weight excluding hydrogens is 310 g/mol. The van der Waals surface area contributed by atoms with Crippen LogP contribution in [0.3, 0.4) is 0 Å². The molecule has 1 saturated carbocycles. The fourth-order valence-electron chi connectivity index (χ4n) is 5.24. The van der Waals surface area contributed by atoms with Crippen LogP contribution in [-0.2, 0) is 4.74 Å². The van der Waals surface area contributed by atoms with Gasteiger partial charge in [0.05, 0.1) is 12.2 Å². The number of hydrogen-bond acceptors (Lipinski definition) is 4. The Morgan fingerprint density at radius 1 is 0.880 bits per heavy atom. The topological polar surface area (TPSA) is 19.0 Å². The van der Waals surface area contributed by atoms with E-state index in [1.807, 2.05) is 0 Å². The van der Waals surface area contributed by atoms with Gasteiger partial charge in [0.1, 0.15) is 0 Å². The molecule has 0 aromatic heterocycles. The highest BCUT2D eigenvalue weighted by Gasteiger charge is 2.34. The summed E-state index contributed by atoms with van der Waals surface area (Å²) in [6, 6.07) is 0. The fraction of sp³-hybridized carbons (Fsp3) is 1.00. The van der Waals surface area contributed by atoms with E-state index in [1.54, 1.807) is 0 Å². The predicted molar refractivity (Wildman–Crippen MR) is 105 cm³/mol. The van der Waals surface area contributed by atoms with Crippen molar-refractivity contribution in [3.63, 3.8) is 0 Å². The number of hydrogen-bond donors (Lipinski definition) is 0. The van der Waals surface area contributed by atoms with Gasteiger partial charge in [0.2, 0.25) is 0 Å². The van der Waals surface area contributed by atoms with Crippen LogP contribution in [0, 0.1) is 5.92 Å². The fourth-order valence-corrected chi connectivity index (χ4v) is 5.24. The van der Waals surface area contributed by atoms with Crippen LogP contribution in [-0.4, -0.2) is 85.3 Å². The quantitative estimate of drug-likeness (QED) is 0.758. The molecule has 0 spiro atoms. The van der Waals surface area contributed by atoms with Crippen LogP contribution in [0.5, 0.6) is 0 Å². The van der Waals surface area contributed by atoms with E-state index in [4.69, 9.17) is 4.74 Å². The van der Waals surface area contributed by atoms with E-state index in [2.05, 4.69) is 42.5 Å². The largest absolute Gasteiger partial charge is 0.375 e. The SMILES string of the molecule is CCN1CCN(C[C@H]2CC[C@@H](OC3CCN(C)CC3)CC2)CC1(C)C. The van der Waals surface area contributed by atoms with Gasteiger partial charge in [-0.2, -0.15) is 0 Å². The van der Waals surface area contributed by atoms with E-state index in [1.165, 1.54) is 84.3 Å². The van der Waals surface area contributed by atoms with Crippen LogP contribution in [0.15, 0.2) is 0 Å². The van der Waals surface area contributed by atoms with E-state index < -0.39 is 0 Å². The average molecular weight is 352 g/mol. The van der Waals surface area contributed by atoms with Gasteiger partial charge in [0.25, 0.3) is 0 Å². The molecule has 25 heavy (non-hydrogen) atoms. The lowest BCUT2D eigenvalue weighted by molar-refractivity contribution is -0.0618. The summed E-state index contributed by atoms with van der Waals surface area (Å²) in [5, 5.41) is 0. The first-order valence-electron chi connectivity index (χ1n) is 10.8. The van der Waals surface area contributed by atoms with Crippen LogP contribution < -0.4 is 0 Å². The zero-order valence-corrected chi connectivity index (χ0v) is 17.2. The molecule has 2 saturated heterocycles.